The molecule has 13 heavy (non-hydrogen) atoms. The van der Waals surface area contributed by atoms with Crippen molar-refractivity contribution in [2.24, 2.45) is 0 Å². The van der Waals surface area contributed by atoms with Crippen LogP contribution < -0.4 is 5.32 Å². The van der Waals surface area contributed by atoms with Crippen molar-refractivity contribution in [2.45, 2.75) is 6.04 Å². The maximum atomic E-state index is 11.1. The average molecular weight is 188 g/mol. The van der Waals surface area contributed by atoms with Gasteiger partial charge < -0.3 is 15.2 Å². The second-order valence-electron chi connectivity index (χ2n) is 2.71. The van der Waals surface area contributed by atoms with Crippen LogP contribution in [0.2, 0.25) is 0 Å². The molecule has 1 saturated heterocycles. The second-order valence-corrected chi connectivity index (χ2v) is 2.71. The Morgan fingerprint density at radius 3 is 2.77 bits per heavy atom. The van der Waals surface area contributed by atoms with Gasteiger partial charge in [0.1, 0.15) is 0 Å². The molecule has 1 unspecified atom stereocenters. The van der Waals surface area contributed by atoms with E-state index in [0.717, 1.165) is 4.90 Å². The third-order valence-electron chi connectivity index (χ3n) is 1.81. The van der Waals surface area contributed by atoms with Crippen molar-refractivity contribution in [3.05, 3.63) is 0 Å². The van der Waals surface area contributed by atoms with Crippen LogP contribution in [0.15, 0.2) is 0 Å². The Bertz CT molecular complexity index is 203. The highest BCUT2D eigenvalue weighted by molar-refractivity contribution is 6.02. The normalized spacial score (nSPS) is 19.1. The fourth-order valence-corrected chi connectivity index (χ4v) is 1.21. The standard InChI is InChI=1S/C7H12N2O4/c1-13-4-5(3-10)9-6(11)2-8-7(9)12/h5,10H,2-4H2,1H3,(H,8,12). The molecule has 0 radical (unpaired) electrons. The van der Waals surface area contributed by atoms with Crippen molar-refractivity contribution >= 4 is 11.9 Å². The number of carbonyl (C=O) groups is 2. The molecule has 1 aliphatic rings. The topological polar surface area (TPSA) is 78.9 Å². The van der Waals surface area contributed by atoms with E-state index in [-0.39, 0.29) is 25.7 Å². The van der Waals surface area contributed by atoms with Crippen LogP contribution >= 0.6 is 0 Å². The van der Waals surface area contributed by atoms with Crippen LogP contribution in [-0.4, -0.2) is 54.9 Å². The number of hydrogen-bond acceptors (Lipinski definition) is 4. The second kappa shape index (κ2) is 4.20. The van der Waals surface area contributed by atoms with E-state index in [9.17, 15) is 9.59 Å². The number of carbonyl (C=O) groups excluding carboxylic acids is 2. The summed E-state index contributed by atoms with van der Waals surface area (Å²) >= 11 is 0. The first-order chi connectivity index (χ1) is 6.20. The van der Waals surface area contributed by atoms with Gasteiger partial charge in [0.05, 0.1) is 25.8 Å². The molecule has 0 spiro atoms. The third-order valence-corrected chi connectivity index (χ3v) is 1.81. The summed E-state index contributed by atoms with van der Waals surface area (Å²) in [5.41, 5.74) is 0. The van der Waals surface area contributed by atoms with Crippen LogP contribution in [0.3, 0.4) is 0 Å². The highest BCUT2D eigenvalue weighted by atomic mass is 16.5. The molecule has 0 aromatic carbocycles. The lowest BCUT2D eigenvalue weighted by atomic mass is 10.3. The van der Waals surface area contributed by atoms with Gasteiger partial charge in [-0.1, -0.05) is 0 Å². The summed E-state index contributed by atoms with van der Waals surface area (Å²) in [6.07, 6.45) is 0. The summed E-state index contributed by atoms with van der Waals surface area (Å²) in [6, 6.07) is -1.05. The van der Waals surface area contributed by atoms with Gasteiger partial charge in [-0.3, -0.25) is 9.69 Å². The molecule has 1 aliphatic heterocycles. The fraction of sp³-hybridized carbons (Fsp3) is 0.714. The predicted molar refractivity (Wildman–Crippen MR) is 43.0 cm³/mol. The molecular weight excluding hydrogens is 176 g/mol. The minimum absolute atomic E-state index is 0.000945. The summed E-state index contributed by atoms with van der Waals surface area (Å²) in [6.45, 7) is -0.137. The zero-order valence-electron chi connectivity index (χ0n) is 7.32. The van der Waals surface area contributed by atoms with E-state index in [2.05, 4.69) is 5.32 Å². The quantitative estimate of drug-likeness (QED) is 0.529. The van der Waals surface area contributed by atoms with E-state index in [0.29, 0.717) is 0 Å². The summed E-state index contributed by atoms with van der Waals surface area (Å²) in [5.74, 6) is -0.332. The molecule has 2 N–H and O–H groups in total. The van der Waals surface area contributed by atoms with Crippen molar-refractivity contribution in [2.75, 3.05) is 26.9 Å². The molecule has 1 heterocycles. The van der Waals surface area contributed by atoms with Gasteiger partial charge in [-0.2, -0.15) is 0 Å². The smallest absolute Gasteiger partial charge is 0.325 e. The number of urea groups is 1. The maximum absolute atomic E-state index is 11.1. The van der Waals surface area contributed by atoms with Crippen molar-refractivity contribution in [3.63, 3.8) is 0 Å². The summed E-state index contributed by atoms with van der Waals surface area (Å²) < 4.78 is 4.77. The van der Waals surface area contributed by atoms with Gasteiger partial charge in [0, 0.05) is 7.11 Å². The Labute approximate surface area is 75.5 Å². The molecule has 0 saturated carbocycles. The highest BCUT2D eigenvalue weighted by Crippen LogP contribution is 2.05. The average Bonchev–Trinajstić information content (AvgIpc) is 2.43. The van der Waals surface area contributed by atoms with Crippen LogP contribution in [0.25, 0.3) is 0 Å². The number of ether oxygens (including phenoxy) is 1. The Balaban J connectivity index is 2.65. The summed E-state index contributed by atoms with van der Waals surface area (Å²) in [7, 11) is 1.45. The first kappa shape index (κ1) is 9.94. The Morgan fingerprint density at radius 2 is 2.38 bits per heavy atom. The van der Waals surface area contributed by atoms with Gasteiger partial charge in [0.2, 0.25) is 5.91 Å². The van der Waals surface area contributed by atoms with Crippen molar-refractivity contribution < 1.29 is 19.4 Å². The van der Waals surface area contributed by atoms with E-state index in [1.807, 2.05) is 0 Å². The van der Waals surface area contributed by atoms with E-state index >= 15 is 0 Å². The fourth-order valence-electron chi connectivity index (χ4n) is 1.21. The maximum Gasteiger partial charge on any atom is 0.325 e. The first-order valence-electron chi connectivity index (χ1n) is 3.90. The SMILES string of the molecule is COCC(CO)N1C(=O)CNC1=O. The first-order valence-corrected chi connectivity index (χ1v) is 3.90. The van der Waals surface area contributed by atoms with Gasteiger partial charge in [-0.25, -0.2) is 4.79 Å². The largest absolute Gasteiger partial charge is 0.394 e. The highest BCUT2D eigenvalue weighted by Gasteiger charge is 2.34. The molecule has 74 valence electrons. The molecule has 0 aliphatic carbocycles. The van der Waals surface area contributed by atoms with Gasteiger partial charge in [0.25, 0.3) is 0 Å². The van der Waals surface area contributed by atoms with E-state index in [1.54, 1.807) is 0 Å². The lowest BCUT2D eigenvalue weighted by Gasteiger charge is -2.21. The van der Waals surface area contributed by atoms with E-state index in [4.69, 9.17) is 9.84 Å². The molecule has 0 aromatic rings. The number of nitrogens with one attached hydrogen (secondary N) is 1. The van der Waals surface area contributed by atoms with Gasteiger partial charge in [0.15, 0.2) is 0 Å². The number of hydrogen-bond donors (Lipinski definition) is 2. The number of aliphatic hydroxyl groups excluding tert-OH is 1. The molecule has 6 nitrogen and oxygen atoms in total. The molecule has 3 amide bonds. The minimum atomic E-state index is -0.583. The Kier molecular flexibility index (Phi) is 3.21. The van der Waals surface area contributed by atoms with Crippen LogP contribution in [-0.2, 0) is 9.53 Å². The third kappa shape index (κ3) is 1.96. The van der Waals surface area contributed by atoms with E-state index in [1.165, 1.54) is 7.11 Å². The van der Waals surface area contributed by atoms with Gasteiger partial charge >= 0.3 is 6.03 Å². The molecule has 6 heteroatoms. The number of imide groups is 1. The zero-order chi connectivity index (χ0) is 9.84. The Hall–Kier alpha value is -1.14. The minimum Gasteiger partial charge on any atom is -0.394 e. The monoisotopic (exact) mass is 188 g/mol. The van der Waals surface area contributed by atoms with Gasteiger partial charge in [-0.15, -0.1) is 0 Å². The number of methoxy groups -OCH3 is 1. The van der Waals surface area contributed by atoms with Crippen molar-refractivity contribution in [3.8, 4) is 0 Å². The van der Waals surface area contributed by atoms with Crippen LogP contribution in [0.4, 0.5) is 4.79 Å². The lowest BCUT2D eigenvalue weighted by Crippen LogP contribution is -2.45. The predicted octanol–water partition coefficient (Wildman–Crippen LogP) is -1.45. The number of aliphatic hydroxyl groups is 1. The van der Waals surface area contributed by atoms with Crippen LogP contribution in [0.1, 0.15) is 0 Å². The van der Waals surface area contributed by atoms with Crippen molar-refractivity contribution in [1.29, 1.82) is 0 Å². The van der Waals surface area contributed by atoms with Gasteiger partial charge in [-0.05, 0) is 0 Å². The summed E-state index contributed by atoms with van der Waals surface area (Å²) in [5, 5.41) is 11.3. The zero-order valence-corrected chi connectivity index (χ0v) is 7.32. The molecule has 1 atom stereocenters. The lowest BCUT2D eigenvalue weighted by molar-refractivity contribution is -0.128. The molecule has 0 aromatic heterocycles. The molecule has 0 bridgehead atoms. The number of amides is 3. The van der Waals surface area contributed by atoms with Crippen molar-refractivity contribution in [1.82, 2.24) is 10.2 Å². The molecule has 1 fully saturated rings. The number of rotatable bonds is 4. The number of nitrogens with zero attached hydrogens (tertiary/aromatic N) is 1. The molecular formula is C7H12N2O4. The summed E-state index contributed by atoms with van der Waals surface area (Å²) in [4.78, 5) is 23.2. The molecule has 1 rings (SSSR count). The van der Waals surface area contributed by atoms with E-state index < -0.39 is 12.1 Å². The van der Waals surface area contributed by atoms with Crippen LogP contribution in [0, 0.1) is 0 Å². The van der Waals surface area contributed by atoms with Crippen LogP contribution in [0.5, 0.6) is 0 Å². The Morgan fingerprint density at radius 1 is 1.69 bits per heavy atom.